The fourth-order valence-electron chi connectivity index (χ4n) is 5.07. The Bertz CT molecular complexity index is 1090. The second-order valence-corrected chi connectivity index (χ2v) is 8.35. The van der Waals surface area contributed by atoms with Crippen LogP contribution in [0.25, 0.3) is 0 Å². The highest BCUT2D eigenvalue weighted by molar-refractivity contribution is 5.82. The van der Waals surface area contributed by atoms with Crippen molar-refractivity contribution in [2.45, 2.75) is 25.3 Å². The van der Waals surface area contributed by atoms with E-state index in [4.69, 9.17) is 5.26 Å². The van der Waals surface area contributed by atoms with E-state index in [1.807, 2.05) is 6.07 Å². The van der Waals surface area contributed by atoms with Crippen LogP contribution in [0.4, 0.5) is 14.7 Å². The summed E-state index contributed by atoms with van der Waals surface area (Å²) in [5, 5.41) is 14.6. The van der Waals surface area contributed by atoms with E-state index in [1.54, 1.807) is 18.5 Å². The van der Waals surface area contributed by atoms with Crippen LogP contribution in [0.5, 0.6) is 0 Å². The molecule has 3 aliphatic rings. The molecule has 1 aliphatic carbocycles. The van der Waals surface area contributed by atoms with Gasteiger partial charge in [0.25, 0.3) is 0 Å². The maximum Gasteiger partial charge on any atom is 0.246 e. The first-order valence-corrected chi connectivity index (χ1v) is 10.3. The number of hydrogen-bond acceptors (Lipinski definition) is 6. The van der Waals surface area contributed by atoms with Crippen LogP contribution in [0, 0.1) is 40.7 Å². The average Bonchev–Trinajstić information content (AvgIpc) is 3.50. The van der Waals surface area contributed by atoms with E-state index in [9.17, 15) is 13.6 Å². The van der Waals surface area contributed by atoms with E-state index >= 15 is 0 Å². The Morgan fingerprint density at radius 2 is 1.94 bits per heavy atom. The van der Waals surface area contributed by atoms with Crippen LogP contribution in [-0.4, -0.2) is 40.2 Å². The molecule has 0 bridgehead atoms. The number of fused-ring (bicyclic) bond motifs is 1. The molecule has 1 saturated heterocycles. The van der Waals surface area contributed by atoms with Gasteiger partial charge in [0.15, 0.2) is 0 Å². The fourth-order valence-corrected chi connectivity index (χ4v) is 5.07. The number of hydrazone groups is 1. The molecule has 3 heterocycles. The smallest absolute Gasteiger partial charge is 0.246 e. The molecule has 1 saturated carbocycles. The lowest BCUT2D eigenvalue weighted by molar-refractivity contribution is -0.137. The molecule has 2 aliphatic heterocycles. The van der Waals surface area contributed by atoms with Gasteiger partial charge in [-0.1, -0.05) is 0 Å². The summed E-state index contributed by atoms with van der Waals surface area (Å²) >= 11 is 0. The molecular formula is C22H20F2N6O. The van der Waals surface area contributed by atoms with Crippen molar-refractivity contribution in [2.75, 3.05) is 18.0 Å². The number of carbonyl (C=O) groups is 1. The second-order valence-electron chi connectivity index (χ2n) is 8.35. The highest BCUT2D eigenvalue weighted by atomic mass is 19.1. The van der Waals surface area contributed by atoms with Crippen molar-refractivity contribution in [1.82, 2.24) is 15.0 Å². The molecule has 0 N–H and O–H groups in total. The van der Waals surface area contributed by atoms with E-state index in [0.29, 0.717) is 42.7 Å². The third-order valence-corrected chi connectivity index (χ3v) is 6.51. The number of benzene rings is 1. The number of anilines is 1. The van der Waals surface area contributed by atoms with Gasteiger partial charge in [-0.3, -0.25) is 4.79 Å². The van der Waals surface area contributed by atoms with Crippen LogP contribution in [0.3, 0.4) is 0 Å². The summed E-state index contributed by atoms with van der Waals surface area (Å²) in [5.41, 5.74) is 0.488. The van der Waals surface area contributed by atoms with Crippen LogP contribution in [0.15, 0.2) is 35.6 Å². The molecule has 9 heteroatoms. The van der Waals surface area contributed by atoms with Crippen LogP contribution < -0.4 is 4.90 Å². The van der Waals surface area contributed by atoms with Gasteiger partial charge < -0.3 is 4.90 Å². The van der Waals surface area contributed by atoms with E-state index in [2.05, 4.69) is 20.0 Å². The van der Waals surface area contributed by atoms with E-state index < -0.39 is 17.7 Å². The molecular weight excluding hydrogens is 402 g/mol. The highest BCUT2D eigenvalue weighted by Crippen LogP contribution is 2.44. The molecule has 3 atom stereocenters. The predicted molar refractivity (Wildman–Crippen MR) is 108 cm³/mol. The Morgan fingerprint density at radius 1 is 1.16 bits per heavy atom. The number of nitrogens with zero attached hydrogens (tertiary/aromatic N) is 6. The van der Waals surface area contributed by atoms with Crippen LogP contribution >= 0.6 is 0 Å². The molecule has 1 aromatic carbocycles. The molecule has 31 heavy (non-hydrogen) atoms. The number of carbonyl (C=O) groups excluding carboxylic acids is 1. The maximum absolute atomic E-state index is 14.3. The lowest BCUT2D eigenvalue weighted by atomic mass is 10.00. The zero-order valence-corrected chi connectivity index (χ0v) is 16.7. The van der Waals surface area contributed by atoms with Gasteiger partial charge in [-0.15, -0.1) is 0 Å². The predicted octanol–water partition coefficient (Wildman–Crippen LogP) is 3.05. The van der Waals surface area contributed by atoms with Gasteiger partial charge in [0.2, 0.25) is 11.9 Å². The lowest BCUT2D eigenvalue weighted by Crippen LogP contribution is -2.33. The normalized spacial score (nSPS) is 25.1. The molecule has 7 nitrogen and oxygen atoms in total. The summed E-state index contributed by atoms with van der Waals surface area (Å²) < 4.78 is 28.0. The summed E-state index contributed by atoms with van der Waals surface area (Å²) in [5.74, 6) is -0.216. The summed E-state index contributed by atoms with van der Waals surface area (Å²) in [4.78, 5) is 23.8. The number of hydrogen-bond donors (Lipinski definition) is 0. The van der Waals surface area contributed by atoms with Gasteiger partial charge in [-0.25, -0.2) is 23.8 Å². The summed E-state index contributed by atoms with van der Waals surface area (Å²) in [6, 6.07) is 6.29. The van der Waals surface area contributed by atoms with Crippen molar-refractivity contribution in [2.24, 2.45) is 22.9 Å². The van der Waals surface area contributed by atoms with Gasteiger partial charge in [0.1, 0.15) is 23.4 Å². The van der Waals surface area contributed by atoms with Crippen molar-refractivity contribution in [3.05, 3.63) is 53.4 Å². The minimum Gasteiger partial charge on any atom is -0.340 e. The first-order valence-electron chi connectivity index (χ1n) is 10.3. The Kier molecular flexibility index (Phi) is 4.85. The van der Waals surface area contributed by atoms with Crippen LogP contribution in [0.1, 0.15) is 36.6 Å². The summed E-state index contributed by atoms with van der Waals surface area (Å²) in [7, 11) is 0. The fraction of sp³-hybridized carbons (Fsp3) is 0.409. The first-order chi connectivity index (χ1) is 15.0. The highest BCUT2D eigenvalue weighted by Gasteiger charge is 2.46. The maximum atomic E-state index is 14.3. The molecule has 1 amide bonds. The standard InChI is InChI=1S/C22H20F2N6O/c23-16-1-2-19(24)18(9-16)20-4-6-27-30(20)21(31)13-7-14-11-29(12-15(14)8-13)22-26-5-3-17(10-25)28-22/h1-3,5-6,9,13-15,20H,4,7-8,11-12H2/t14-,15-,20+/m1/s1. The molecule has 158 valence electrons. The third kappa shape index (κ3) is 3.52. The van der Waals surface area contributed by atoms with E-state index in [0.717, 1.165) is 31.3 Å². The molecule has 2 fully saturated rings. The van der Waals surface area contributed by atoms with Crippen molar-refractivity contribution >= 4 is 18.1 Å². The monoisotopic (exact) mass is 422 g/mol. The number of halogens is 2. The topological polar surface area (TPSA) is 85.5 Å². The first kappa shape index (κ1) is 19.5. The van der Waals surface area contributed by atoms with Crippen LogP contribution in [-0.2, 0) is 4.79 Å². The Morgan fingerprint density at radius 3 is 2.68 bits per heavy atom. The van der Waals surface area contributed by atoms with E-state index in [-0.39, 0.29) is 17.4 Å². The zero-order valence-electron chi connectivity index (χ0n) is 16.7. The third-order valence-electron chi connectivity index (χ3n) is 6.51. The van der Waals surface area contributed by atoms with Gasteiger partial charge in [-0.05, 0) is 48.9 Å². The zero-order chi connectivity index (χ0) is 21.5. The minimum atomic E-state index is -0.609. The van der Waals surface area contributed by atoms with Gasteiger partial charge in [0, 0.05) is 43.4 Å². The van der Waals surface area contributed by atoms with Crippen molar-refractivity contribution in [3.63, 3.8) is 0 Å². The number of amides is 1. The van der Waals surface area contributed by atoms with Crippen LogP contribution in [0.2, 0.25) is 0 Å². The van der Waals surface area contributed by atoms with Crippen molar-refractivity contribution < 1.29 is 13.6 Å². The number of aromatic nitrogens is 2. The Labute approximate surface area is 178 Å². The Hall–Kier alpha value is -3.41. The van der Waals surface area contributed by atoms with Crippen molar-refractivity contribution in [3.8, 4) is 6.07 Å². The molecule has 0 radical (unpaired) electrons. The molecule has 2 aromatic rings. The van der Waals surface area contributed by atoms with Crippen molar-refractivity contribution in [1.29, 1.82) is 5.26 Å². The average molecular weight is 422 g/mol. The molecule has 0 unspecified atom stereocenters. The number of nitriles is 1. The minimum absolute atomic E-state index is 0.133. The largest absolute Gasteiger partial charge is 0.340 e. The van der Waals surface area contributed by atoms with E-state index in [1.165, 1.54) is 5.01 Å². The Balaban J connectivity index is 1.27. The summed E-state index contributed by atoms with van der Waals surface area (Å²) in [6.07, 6.45) is 4.96. The lowest BCUT2D eigenvalue weighted by Gasteiger charge is -2.26. The molecule has 5 rings (SSSR count). The quantitative estimate of drug-likeness (QED) is 0.759. The second kappa shape index (κ2) is 7.69. The van der Waals surface area contributed by atoms with Gasteiger partial charge >= 0.3 is 0 Å². The molecule has 1 aromatic heterocycles. The summed E-state index contributed by atoms with van der Waals surface area (Å²) in [6.45, 7) is 1.46. The number of rotatable bonds is 3. The van der Waals surface area contributed by atoms with Gasteiger partial charge in [0.05, 0.1) is 6.04 Å². The van der Waals surface area contributed by atoms with Gasteiger partial charge in [-0.2, -0.15) is 10.4 Å². The molecule has 0 spiro atoms. The SMILES string of the molecule is N#Cc1ccnc(N2C[C@H]3CC(C(=O)N4N=CC[C@H]4c4cc(F)ccc4F)C[C@@H]3C2)n1.